The molecule has 2 heteroatoms. The lowest BCUT2D eigenvalue weighted by molar-refractivity contribution is -0.118. The molecule has 0 aliphatic rings. The number of benzene rings is 1. The summed E-state index contributed by atoms with van der Waals surface area (Å²) in [5, 5.41) is 0. The highest BCUT2D eigenvalue weighted by Crippen LogP contribution is 2.13. The molecule has 0 spiro atoms. The Bertz CT molecular complexity index is 397. The number of hydrogen-bond donors (Lipinski definition) is 1. The van der Waals surface area contributed by atoms with Crippen LogP contribution in [-0.4, -0.2) is 5.91 Å². The Kier molecular flexibility index (Phi) is 10.4. The van der Waals surface area contributed by atoms with Crippen LogP contribution in [-0.2, 0) is 17.6 Å². The number of aryl methyl sites for hydroxylation is 2. The minimum atomic E-state index is -0.176. The van der Waals surface area contributed by atoms with Crippen molar-refractivity contribution in [1.82, 2.24) is 0 Å². The summed E-state index contributed by atoms with van der Waals surface area (Å²) in [6.07, 6.45) is 14.1. The van der Waals surface area contributed by atoms with Crippen LogP contribution >= 0.6 is 0 Å². The molecule has 124 valence electrons. The lowest BCUT2D eigenvalue weighted by atomic mass is 10.0. The maximum Gasteiger partial charge on any atom is 0.217 e. The van der Waals surface area contributed by atoms with E-state index in [9.17, 15) is 4.79 Å². The molecule has 0 unspecified atom stereocenters. The molecule has 0 heterocycles. The molecule has 2 nitrogen and oxygen atoms in total. The van der Waals surface area contributed by atoms with Crippen LogP contribution in [0.2, 0.25) is 0 Å². The summed E-state index contributed by atoms with van der Waals surface area (Å²) >= 11 is 0. The highest BCUT2D eigenvalue weighted by molar-refractivity contribution is 5.73. The van der Waals surface area contributed by atoms with Crippen LogP contribution in [0.25, 0.3) is 0 Å². The van der Waals surface area contributed by atoms with E-state index >= 15 is 0 Å². The summed E-state index contributed by atoms with van der Waals surface area (Å²) in [5.41, 5.74) is 8.04. The van der Waals surface area contributed by atoms with Gasteiger partial charge in [0.1, 0.15) is 0 Å². The van der Waals surface area contributed by atoms with E-state index in [1.165, 1.54) is 62.5 Å². The van der Waals surface area contributed by atoms with Crippen LogP contribution in [0.4, 0.5) is 0 Å². The van der Waals surface area contributed by atoms with E-state index in [4.69, 9.17) is 5.73 Å². The Morgan fingerprint density at radius 2 is 1.23 bits per heavy atom. The molecule has 0 atom stereocenters. The predicted octanol–water partition coefficient (Wildman–Crippen LogP) is 5.18. The number of amides is 1. The molecule has 22 heavy (non-hydrogen) atoms. The van der Waals surface area contributed by atoms with E-state index < -0.39 is 0 Å². The molecule has 0 radical (unpaired) electrons. The number of carbonyl (C=O) groups is 1. The molecule has 2 N–H and O–H groups in total. The van der Waals surface area contributed by atoms with Gasteiger partial charge in [-0.2, -0.15) is 0 Å². The average Bonchev–Trinajstić information content (AvgIpc) is 2.51. The van der Waals surface area contributed by atoms with Gasteiger partial charge in [-0.15, -0.1) is 0 Å². The first kappa shape index (κ1) is 18.7. The molecule has 0 aromatic heterocycles. The van der Waals surface area contributed by atoms with Gasteiger partial charge < -0.3 is 5.73 Å². The largest absolute Gasteiger partial charge is 0.370 e. The number of unbranched alkanes of at least 4 members (excludes halogenated alkanes) is 7. The van der Waals surface area contributed by atoms with Crippen molar-refractivity contribution in [1.29, 1.82) is 0 Å². The normalized spacial score (nSPS) is 10.8. The lowest BCUT2D eigenvalue weighted by Crippen LogP contribution is -2.09. The van der Waals surface area contributed by atoms with Gasteiger partial charge in [0.2, 0.25) is 5.91 Å². The quantitative estimate of drug-likeness (QED) is 0.501. The summed E-state index contributed by atoms with van der Waals surface area (Å²) < 4.78 is 0. The predicted molar refractivity (Wildman–Crippen MR) is 94.9 cm³/mol. The zero-order valence-corrected chi connectivity index (χ0v) is 14.3. The van der Waals surface area contributed by atoms with E-state index in [0.717, 1.165) is 19.3 Å². The van der Waals surface area contributed by atoms with Crippen molar-refractivity contribution in [2.45, 2.75) is 84.0 Å². The van der Waals surface area contributed by atoms with Gasteiger partial charge in [-0.05, 0) is 43.2 Å². The average molecular weight is 303 g/mol. The highest BCUT2D eigenvalue weighted by Gasteiger charge is 1.98. The van der Waals surface area contributed by atoms with Gasteiger partial charge in [0.05, 0.1) is 0 Å². The maximum absolute atomic E-state index is 10.6. The van der Waals surface area contributed by atoms with Crippen molar-refractivity contribution in [3.8, 4) is 0 Å². The van der Waals surface area contributed by atoms with Gasteiger partial charge in [0.15, 0.2) is 0 Å². The fourth-order valence-electron chi connectivity index (χ4n) is 2.79. The van der Waals surface area contributed by atoms with Crippen LogP contribution in [0.5, 0.6) is 0 Å². The Labute approximate surface area is 136 Å². The SMILES string of the molecule is CCCCCCCc1ccc(CCCCCCC(N)=O)cc1. The van der Waals surface area contributed by atoms with Crippen LogP contribution in [0.15, 0.2) is 24.3 Å². The van der Waals surface area contributed by atoms with E-state index in [1.54, 1.807) is 0 Å². The number of carbonyl (C=O) groups excluding carboxylic acids is 1. The number of hydrogen-bond acceptors (Lipinski definition) is 1. The minimum Gasteiger partial charge on any atom is -0.370 e. The summed E-state index contributed by atoms with van der Waals surface area (Å²) in [4.78, 5) is 10.6. The van der Waals surface area contributed by atoms with Gasteiger partial charge in [-0.3, -0.25) is 4.79 Å². The minimum absolute atomic E-state index is 0.176. The number of rotatable bonds is 13. The molecule has 0 fully saturated rings. The van der Waals surface area contributed by atoms with Crippen molar-refractivity contribution in [2.75, 3.05) is 0 Å². The monoisotopic (exact) mass is 303 g/mol. The zero-order chi connectivity index (χ0) is 16.0. The van der Waals surface area contributed by atoms with Gasteiger partial charge in [-0.1, -0.05) is 69.7 Å². The van der Waals surface area contributed by atoms with Crippen LogP contribution in [0, 0.1) is 0 Å². The smallest absolute Gasteiger partial charge is 0.217 e. The lowest BCUT2D eigenvalue weighted by Gasteiger charge is -2.05. The van der Waals surface area contributed by atoms with Crippen molar-refractivity contribution >= 4 is 5.91 Å². The van der Waals surface area contributed by atoms with E-state index in [2.05, 4.69) is 31.2 Å². The zero-order valence-electron chi connectivity index (χ0n) is 14.3. The molecule has 0 bridgehead atoms. The Morgan fingerprint density at radius 3 is 1.68 bits per heavy atom. The second-order valence-electron chi connectivity index (χ2n) is 6.36. The molecule has 0 aliphatic carbocycles. The number of primary amides is 1. The standard InChI is InChI=1S/C20H33NO/c1-2-3-4-5-8-11-18-14-16-19(17-15-18)12-9-6-7-10-13-20(21)22/h14-17H,2-13H2,1H3,(H2,21,22). The van der Waals surface area contributed by atoms with Crippen molar-refractivity contribution < 1.29 is 4.79 Å². The fraction of sp³-hybridized carbons (Fsp3) is 0.650. The maximum atomic E-state index is 10.6. The first-order chi connectivity index (χ1) is 10.7. The molecule has 1 amide bonds. The molecular formula is C20H33NO. The molecular weight excluding hydrogens is 270 g/mol. The molecule has 0 saturated heterocycles. The summed E-state index contributed by atoms with van der Waals surface area (Å²) in [6, 6.07) is 9.15. The van der Waals surface area contributed by atoms with E-state index in [1.807, 2.05) is 0 Å². The van der Waals surface area contributed by atoms with Gasteiger partial charge in [0, 0.05) is 6.42 Å². The summed E-state index contributed by atoms with van der Waals surface area (Å²) in [7, 11) is 0. The van der Waals surface area contributed by atoms with Gasteiger partial charge in [0.25, 0.3) is 0 Å². The van der Waals surface area contributed by atoms with Gasteiger partial charge in [-0.25, -0.2) is 0 Å². The molecule has 0 saturated carbocycles. The third-order valence-electron chi connectivity index (χ3n) is 4.23. The number of nitrogens with two attached hydrogens (primary N) is 1. The Hall–Kier alpha value is -1.31. The molecule has 0 aliphatic heterocycles. The van der Waals surface area contributed by atoms with E-state index in [0.29, 0.717) is 6.42 Å². The second kappa shape index (κ2) is 12.3. The topological polar surface area (TPSA) is 43.1 Å². The molecule has 1 aromatic rings. The van der Waals surface area contributed by atoms with Gasteiger partial charge >= 0.3 is 0 Å². The van der Waals surface area contributed by atoms with Crippen molar-refractivity contribution in [3.63, 3.8) is 0 Å². The third-order valence-corrected chi connectivity index (χ3v) is 4.23. The first-order valence-electron chi connectivity index (χ1n) is 9.08. The Morgan fingerprint density at radius 1 is 0.773 bits per heavy atom. The van der Waals surface area contributed by atoms with Crippen LogP contribution in [0.3, 0.4) is 0 Å². The Balaban J connectivity index is 2.09. The van der Waals surface area contributed by atoms with Crippen molar-refractivity contribution in [3.05, 3.63) is 35.4 Å². The summed E-state index contributed by atoms with van der Waals surface area (Å²) in [5.74, 6) is -0.176. The molecule has 1 rings (SSSR count). The van der Waals surface area contributed by atoms with Crippen LogP contribution in [0.1, 0.15) is 82.3 Å². The third kappa shape index (κ3) is 9.59. The highest BCUT2D eigenvalue weighted by atomic mass is 16.1. The first-order valence-corrected chi connectivity index (χ1v) is 9.08. The van der Waals surface area contributed by atoms with Crippen LogP contribution < -0.4 is 5.73 Å². The summed E-state index contributed by atoms with van der Waals surface area (Å²) in [6.45, 7) is 2.26. The fourth-order valence-corrected chi connectivity index (χ4v) is 2.79. The van der Waals surface area contributed by atoms with E-state index in [-0.39, 0.29) is 5.91 Å². The van der Waals surface area contributed by atoms with Crippen molar-refractivity contribution in [2.24, 2.45) is 5.73 Å². The molecule has 1 aromatic carbocycles. The second-order valence-corrected chi connectivity index (χ2v) is 6.36.